The number of H-pyrrole nitrogens is 1. The fourth-order valence-corrected chi connectivity index (χ4v) is 3.18. The number of nitrogens with zero attached hydrogens (tertiary/aromatic N) is 4. The first-order valence-electron chi connectivity index (χ1n) is 7.12. The Balaban J connectivity index is 1.79. The van der Waals surface area contributed by atoms with Gasteiger partial charge in [0.1, 0.15) is 12.1 Å². The fraction of sp³-hybridized carbons (Fsp3) is 0.333. The molecule has 0 spiro atoms. The predicted octanol–water partition coefficient (Wildman–Crippen LogP) is 2.79. The van der Waals surface area contributed by atoms with Crippen LogP contribution in [0.4, 0.5) is 0 Å². The Morgan fingerprint density at radius 3 is 2.74 bits per heavy atom. The number of ketones is 1. The highest BCUT2D eigenvalue weighted by Gasteiger charge is 2.19. The number of nitrogens with one attached hydrogen (secondary N) is 1. The molecule has 3 aromatic heterocycles. The summed E-state index contributed by atoms with van der Waals surface area (Å²) in [5.41, 5.74) is 3.29. The van der Waals surface area contributed by atoms with Gasteiger partial charge >= 0.3 is 0 Å². The number of hydrogen-bond acceptors (Lipinski definition) is 6. The molecule has 3 aromatic rings. The van der Waals surface area contributed by atoms with Crippen LogP contribution >= 0.6 is 11.8 Å². The molecular weight excluding hydrogens is 314 g/mol. The van der Waals surface area contributed by atoms with Crippen LogP contribution in [0.15, 0.2) is 22.0 Å². The Bertz CT molecular complexity index is 828. The summed E-state index contributed by atoms with van der Waals surface area (Å²) in [5, 5.41) is 7.19. The monoisotopic (exact) mass is 331 g/mol. The van der Waals surface area contributed by atoms with Crippen molar-refractivity contribution in [3.05, 3.63) is 40.8 Å². The molecule has 0 radical (unpaired) electrons. The second-order valence-corrected chi connectivity index (χ2v) is 6.19. The van der Waals surface area contributed by atoms with E-state index in [4.69, 9.17) is 4.42 Å². The first kappa shape index (κ1) is 15.5. The highest BCUT2D eigenvalue weighted by Crippen LogP contribution is 2.24. The van der Waals surface area contributed by atoms with Crippen molar-refractivity contribution in [1.29, 1.82) is 0 Å². The highest BCUT2D eigenvalue weighted by molar-refractivity contribution is 7.99. The quantitative estimate of drug-likeness (QED) is 0.571. The maximum absolute atomic E-state index is 12.5. The molecule has 120 valence electrons. The summed E-state index contributed by atoms with van der Waals surface area (Å²) in [6, 6.07) is 1.87. The van der Waals surface area contributed by atoms with Gasteiger partial charge in [-0.15, -0.1) is 0 Å². The molecule has 0 amide bonds. The topological polar surface area (TPSA) is 89.6 Å². The molecule has 7 nitrogen and oxygen atoms in total. The van der Waals surface area contributed by atoms with Crippen LogP contribution in [-0.4, -0.2) is 36.3 Å². The van der Waals surface area contributed by atoms with Crippen LogP contribution in [-0.2, 0) is 0 Å². The maximum Gasteiger partial charge on any atom is 0.256 e. The molecule has 0 aliphatic heterocycles. The molecule has 0 saturated heterocycles. The Morgan fingerprint density at radius 2 is 2.13 bits per heavy atom. The van der Waals surface area contributed by atoms with Crippen molar-refractivity contribution in [3.63, 3.8) is 0 Å². The summed E-state index contributed by atoms with van der Waals surface area (Å²) in [4.78, 5) is 20.9. The van der Waals surface area contributed by atoms with Gasteiger partial charge in [0.05, 0.1) is 11.4 Å². The number of rotatable bonds is 5. The van der Waals surface area contributed by atoms with Gasteiger partial charge in [0.2, 0.25) is 5.95 Å². The van der Waals surface area contributed by atoms with Gasteiger partial charge in [0, 0.05) is 17.0 Å². The van der Waals surface area contributed by atoms with Crippen LogP contribution in [0.25, 0.3) is 5.95 Å². The van der Waals surface area contributed by atoms with E-state index in [-0.39, 0.29) is 11.5 Å². The van der Waals surface area contributed by atoms with Crippen molar-refractivity contribution in [2.24, 2.45) is 0 Å². The lowest BCUT2D eigenvalue weighted by molar-refractivity contribution is 0.102. The Morgan fingerprint density at radius 1 is 1.35 bits per heavy atom. The molecule has 0 bridgehead atoms. The summed E-state index contributed by atoms with van der Waals surface area (Å²) in [6.45, 7) is 7.57. The predicted molar refractivity (Wildman–Crippen MR) is 86.2 cm³/mol. The zero-order valence-corrected chi connectivity index (χ0v) is 14.2. The molecule has 0 fully saturated rings. The Hall–Kier alpha value is -2.35. The molecule has 0 saturated carbocycles. The standard InChI is InChI=1S/C15H17N5O2S/c1-8-5-12(10(3)20(8)14-16-7-17-19-14)13(21)6-23-15-18-9(2)11(4)22-15/h5,7H,6H2,1-4H3,(H,16,17,19). The number of aromatic nitrogens is 5. The number of oxazole rings is 1. The van der Waals surface area contributed by atoms with Crippen molar-refractivity contribution in [2.45, 2.75) is 32.9 Å². The second-order valence-electron chi connectivity index (χ2n) is 5.26. The van der Waals surface area contributed by atoms with Crippen molar-refractivity contribution < 1.29 is 9.21 Å². The van der Waals surface area contributed by atoms with Gasteiger partial charge in [0.25, 0.3) is 5.22 Å². The number of aromatic amines is 1. The molecule has 0 aliphatic rings. The van der Waals surface area contributed by atoms with Gasteiger partial charge < -0.3 is 4.42 Å². The van der Waals surface area contributed by atoms with Crippen LogP contribution < -0.4 is 0 Å². The zero-order chi connectivity index (χ0) is 16.6. The summed E-state index contributed by atoms with van der Waals surface area (Å²) in [7, 11) is 0. The highest BCUT2D eigenvalue weighted by atomic mass is 32.2. The van der Waals surface area contributed by atoms with Gasteiger partial charge in [-0.3, -0.25) is 9.36 Å². The van der Waals surface area contributed by atoms with Crippen LogP contribution in [0, 0.1) is 27.7 Å². The van der Waals surface area contributed by atoms with E-state index in [2.05, 4.69) is 20.2 Å². The van der Waals surface area contributed by atoms with Crippen molar-refractivity contribution in [2.75, 3.05) is 5.75 Å². The first-order chi connectivity index (χ1) is 11.0. The molecule has 1 N–H and O–H groups in total. The van der Waals surface area contributed by atoms with E-state index in [9.17, 15) is 4.79 Å². The van der Waals surface area contributed by atoms with E-state index in [1.165, 1.54) is 18.1 Å². The zero-order valence-electron chi connectivity index (χ0n) is 13.4. The first-order valence-corrected chi connectivity index (χ1v) is 8.10. The number of Topliss-reactive ketones (excluding diaryl/α,β-unsaturated/α-hetero) is 1. The smallest absolute Gasteiger partial charge is 0.256 e. The molecule has 3 rings (SSSR count). The van der Waals surface area contributed by atoms with Gasteiger partial charge in [-0.05, 0) is 33.8 Å². The third-order valence-electron chi connectivity index (χ3n) is 3.68. The maximum atomic E-state index is 12.5. The van der Waals surface area contributed by atoms with Crippen LogP contribution in [0.2, 0.25) is 0 Å². The SMILES string of the molecule is Cc1nc(SCC(=O)c2cc(C)n(-c3ncn[nH]3)c2C)oc1C. The van der Waals surface area contributed by atoms with Crippen molar-refractivity contribution in [1.82, 2.24) is 24.7 Å². The molecule has 23 heavy (non-hydrogen) atoms. The molecule has 0 unspecified atom stereocenters. The molecule has 0 aromatic carbocycles. The molecule has 0 atom stereocenters. The third-order valence-corrected chi connectivity index (χ3v) is 4.51. The van der Waals surface area contributed by atoms with E-state index in [1.807, 2.05) is 38.3 Å². The lowest BCUT2D eigenvalue weighted by atomic mass is 10.2. The summed E-state index contributed by atoms with van der Waals surface area (Å²) >= 11 is 1.31. The number of carbonyl (C=O) groups excluding carboxylic acids is 1. The Labute approximate surface area is 137 Å². The van der Waals surface area contributed by atoms with Gasteiger partial charge in [-0.25, -0.2) is 10.1 Å². The third kappa shape index (κ3) is 2.94. The lowest BCUT2D eigenvalue weighted by Gasteiger charge is -2.04. The summed E-state index contributed by atoms with van der Waals surface area (Å²) in [6.07, 6.45) is 1.44. The largest absolute Gasteiger partial charge is 0.437 e. The minimum absolute atomic E-state index is 0.0300. The van der Waals surface area contributed by atoms with E-state index >= 15 is 0 Å². The van der Waals surface area contributed by atoms with E-state index in [1.54, 1.807) is 0 Å². The van der Waals surface area contributed by atoms with Crippen molar-refractivity contribution >= 4 is 17.5 Å². The van der Waals surface area contributed by atoms with Crippen LogP contribution in [0.5, 0.6) is 0 Å². The molecule has 3 heterocycles. The minimum atomic E-state index is 0.0300. The average Bonchev–Trinajstić information content (AvgIpc) is 3.19. The Kier molecular flexibility index (Phi) is 4.08. The van der Waals surface area contributed by atoms with Crippen LogP contribution in [0.3, 0.4) is 0 Å². The fourth-order valence-electron chi connectivity index (χ4n) is 2.39. The molecule has 0 aliphatic carbocycles. The van der Waals surface area contributed by atoms with E-state index in [0.29, 0.717) is 16.7 Å². The average molecular weight is 331 g/mol. The number of thioether (sulfide) groups is 1. The minimum Gasteiger partial charge on any atom is -0.437 e. The normalized spacial score (nSPS) is 11.1. The van der Waals surface area contributed by atoms with Crippen LogP contribution in [0.1, 0.15) is 33.2 Å². The van der Waals surface area contributed by atoms with E-state index in [0.717, 1.165) is 22.8 Å². The summed E-state index contributed by atoms with van der Waals surface area (Å²) < 4.78 is 7.37. The van der Waals surface area contributed by atoms with Crippen molar-refractivity contribution in [3.8, 4) is 5.95 Å². The number of aryl methyl sites for hydroxylation is 3. The molecular formula is C15H17N5O2S. The van der Waals surface area contributed by atoms with Gasteiger partial charge in [-0.2, -0.15) is 10.1 Å². The number of hydrogen-bond donors (Lipinski definition) is 1. The summed E-state index contributed by atoms with van der Waals surface area (Å²) in [5.74, 6) is 1.69. The van der Waals surface area contributed by atoms with Gasteiger partial charge in [0.15, 0.2) is 5.78 Å². The van der Waals surface area contributed by atoms with E-state index < -0.39 is 0 Å². The lowest BCUT2D eigenvalue weighted by Crippen LogP contribution is -2.06. The second kappa shape index (κ2) is 6.04. The van der Waals surface area contributed by atoms with Gasteiger partial charge in [-0.1, -0.05) is 11.8 Å². The number of carbonyl (C=O) groups is 1. The molecule has 8 heteroatoms.